The number of hydrogen-bond donors (Lipinski definition) is 0. The van der Waals surface area contributed by atoms with Gasteiger partial charge in [-0.05, 0) is 37.3 Å². The van der Waals surface area contributed by atoms with Crippen molar-refractivity contribution in [2.75, 3.05) is 0 Å². The zero-order valence-electron chi connectivity index (χ0n) is 10.6. The maximum absolute atomic E-state index is 11.6. The van der Waals surface area contributed by atoms with Crippen LogP contribution in [0.25, 0.3) is 0 Å². The molecule has 0 aromatic rings. The molecule has 0 heterocycles. The molecular weight excluding hydrogens is 222 g/mol. The van der Waals surface area contributed by atoms with Gasteiger partial charge in [-0.25, -0.2) is 0 Å². The molecule has 0 spiro atoms. The number of carbonyl (C=O) groups excluding carboxylic acids is 1. The molecule has 2 nitrogen and oxygen atoms in total. The van der Waals surface area contributed by atoms with Crippen molar-refractivity contribution in [2.45, 2.75) is 32.6 Å². The van der Waals surface area contributed by atoms with E-state index in [0.29, 0.717) is 5.57 Å². The second-order valence-electron chi connectivity index (χ2n) is 4.66. The molecule has 1 unspecified atom stereocenters. The fourth-order valence-corrected chi connectivity index (χ4v) is 2.58. The van der Waals surface area contributed by atoms with Crippen LogP contribution in [0, 0.1) is 17.2 Å². The minimum absolute atomic E-state index is 0.140. The molecule has 2 aliphatic rings. The SMILES string of the molecule is CCC1=C(C#N)C(=O)C=CC1CC1=CCCC=C1. The van der Waals surface area contributed by atoms with E-state index in [1.807, 2.05) is 13.0 Å². The topological polar surface area (TPSA) is 40.9 Å². The van der Waals surface area contributed by atoms with Crippen molar-refractivity contribution >= 4 is 5.78 Å². The Labute approximate surface area is 108 Å². The van der Waals surface area contributed by atoms with E-state index in [9.17, 15) is 4.79 Å². The Bertz CT molecular complexity index is 512. The first kappa shape index (κ1) is 12.6. The Morgan fingerprint density at radius 2 is 2.22 bits per heavy atom. The van der Waals surface area contributed by atoms with Crippen molar-refractivity contribution in [1.29, 1.82) is 5.26 Å². The van der Waals surface area contributed by atoms with Crippen molar-refractivity contribution in [3.63, 3.8) is 0 Å². The van der Waals surface area contributed by atoms with Crippen LogP contribution in [0.3, 0.4) is 0 Å². The summed E-state index contributed by atoms with van der Waals surface area (Å²) in [6, 6.07) is 2.06. The highest BCUT2D eigenvalue weighted by molar-refractivity contribution is 6.08. The molecule has 0 fully saturated rings. The number of nitrogens with zero attached hydrogens (tertiary/aromatic N) is 1. The average molecular weight is 239 g/mol. The van der Waals surface area contributed by atoms with Gasteiger partial charge in [0.15, 0.2) is 5.78 Å². The third kappa shape index (κ3) is 2.51. The third-order valence-electron chi connectivity index (χ3n) is 3.52. The van der Waals surface area contributed by atoms with Crippen LogP contribution in [-0.4, -0.2) is 5.78 Å². The molecule has 92 valence electrons. The summed E-state index contributed by atoms with van der Waals surface area (Å²) in [5, 5.41) is 9.10. The van der Waals surface area contributed by atoms with Crippen molar-refractivity contribution in [1.82, 2.24) is 0 Å². The molecule has 1 atom stereocenters. The smallest absolute Gasteiger partial charge is 0.196 e. The van der Waals surface area contributed by atoms with Gasteiger partial charge in [0.05, 0.1) is 5.57 Å². The zero-order valence-corrected chi connectivity index (χ0v) is 10.6. The summed E-state index contributed by atoms with van der Waals surface area (Å²) in [7, 11) is 0. The van der Waals surface area contributed by atoms with Crippen LogP contribution in [0.1, 0.15) is 32.6 Å². The minimum Gasteiger partial charge on any atom is -0.288 e. The minimum atomic E-state index is -0.140. The molecule has 0 saturated heterocycles. The molecule has 0 saturated carbocycles. The number of ketones is 1. The Morgan fingerprint density at radius 1 is 1.39 bits per heavy atom. The van der Waals surface area contributed by atoms with E-state index in [0.717, 1.165) is 31.3 Å². The highest BCUT2D eigenvalue weighted by atomic mass is 16.1. The van der Waals surface area contributed by atoms with Gasteiger partial charge in [0.2, 0.25) is 0 Å². The highest BCUT2D eigenvalue weighted by Crippen LogP contribution is 2.31. The van der Waals surface area contributed by atoms with E-state index in [1.165, 1.54) is 5.57 Å². The molecule has 0 radical (unpaired) electrons. The van der Waals surface area contributed by atoms with E-state index in [2.05, 4.69) is 24.3 Å². The molecule has 0 bridgehead atoms. The number of hydrogen-bond acceptors (Lipinski definition) is 2. The summed E-state index contributed by atoms with van der Waals surface area (Å²) < 4.78 is 0. The molecule has 0 N–H and O–H groups in total. The highest BCUT2D eigenvalue weighted by Gasteiger charge is 2.23. The Morgan fingerprint density at radius 3 is 2.83 bits per heavy atom. The van der Waals surface area contributed by atoms with Gasteiger partial charge in [0, 0.05) is 5.92 Å². The molecule has 2 rings (SSSR count). The number of nitriles is 1. The monoisotopic (exact) mass is 239 g/mol. The van der Waals surface area contributed by atoms with Crippen molar-refractivity contribution in [3.8, 4) is 6.07 Å². The van der Waals surface area contributed by atoms with Gasteiger partial charge in [0.1, 0.15) is 6.07 Å². The second kappa shape index (κ2) is 5.64. The van der Waals surface area contributed by atoms with E-state index in [-0.39, 0.29) is 11.7 Å². The van der Waals surface area contributed by atoms with Gasteiger partial charge in [-0.3, -0.25) is 4.79 Å². The normalized spacial score (nSPS) is 23.0. The first-order chi connectivity index (χ1) is 8.76. The quantitative estimate of drug-likeness (QED) is 0.754. The lowest BCUT2D eigenvalue weighted by atomic mass is 9.81. The van der Waals surface area contributed by atoms with Crippen molar-refractivity contribution in [2.24, 2.45) is 5.92 Å². The van der Waals surface area contributed by atoms with Crippen molar-refractivity contribution in [3.05, 3.63) is 47.1 Å². The molecule has 0 amide bonds. The molecule has 0 aliphatic heterocycles. The summed E-state index contributed by atoms with van der Waals surface area (Å²) in [6.45, 7) is 2.01. The fourth-order valence-electron chi connectivity index (χ4n) is 2.58. The zero-order chi connectivity index (χ0) is 13.0. The van der Waals surface area contributed by atoms with Crippen LogP contribution < -0.4 is 0 Å². The molecule has 0 aromatic heterocycles. The number of rotatable bonds is 3. The lowest BCUT2D eigenvalue weighted by Gasteiger charge is -2.21. The number of carbonyl (C=O) groups is 1. The predicted molar refractivity (Wildman–Crippen MR) is 71.6 cm³/mol. The van der Waals surface area contributed by atoms with Crippen LogP contribution in [0.4, 0.5) is 0 Å². The molecule has 0 aromatic carbocycles. The van der Waals surface area contributed by atoms with Gasteiger partial charge < -0.3 is 0 Å². The van der Waals surface area contributed by atoms with E-state index in [1.54, 1.807) is 6.08 Å². The van der Waals surface area contributed by atoms with Crippen molar-refractivity contribution < 1.29 is 4.79 Å². The van der Waals surface area contributed by atoms with Crippen LogP contribution in [-0.2, 0) is 4.79 Å². The maximum atomic E-state index is 11.6. The molecule has 18 heavy (non-hydrogen) atoms. The van der Waals surface area contributed by atoms with E-state index >= 15 is 0 Å². The van der Waals surface area contributed by atoms with Crippen LogP contribution >= 0.6 is 0 Å². The summed E-state index contributed by atoms with van der Waals surface area (Å²) in [5.41, 5.74) is 2.66. The Hall–Kier alpha value is -1.88. The Kier molecular flexibility index (Phi) is 3.94. The van der Waals surface area contributed by atoms with Gasteiger partial charge in [0.25, 0.3) is 0 Å². The number of allylic oxidation sites excluding steroid dienone is 8. The van der Waals surface area contributed by atoms with Gasteiger partial charge >= 0.3 is 0 Å². The van der Waals surface area contributed by atoms with E-state index < -0.39 is 0 Å². The maximum Gasteiger partial charge on any atom is 0.196 e. The van der Waals surface area contributed by atoms with Crippen LogP contribution in [0.5, 0.6) is 0 Å². The first-order valence-corrected chi connectivity index (χ1v) is 6.47. The van der Waals surface area contributed by atoms with Gasteiger partial charge in [-0.15, -0.1) is 0 Å². The van der Waals surface area contributed by atoms with Gasteiger partial charge in [-0.1, -0.05) is 36.8 Å². The second-order valence-corrected chi connectivity index (χ2v) is 4.66. The first-order valence-electron chi connectivity index (χ1n) is 6.47. The Balaban J connectivity index is 2.23. The predicted octanol–water partition coefficient (Wildman–Crippen LogP) is 3.64. The summed E-state index contributed by atoms with van der Waals surface area (Å²) in [4.78, 5) is 11.6. The van der Waals surface area contributed by atoms with Crippen LogP contribution in [0.2, 0.25) is 0 Å². The largest absolute Gasteiger partial charge is 0.288 e. The lowest BCUT2D eigenvalue weighted by molar-refractivity contribution is -0.111. The summed E-state index contributed by atoms with van der Waals surface area (Å²) in [6.07, 6.45) is 14.0. The summed E-state index contributed by atoms with van der Waals surface area (Å²) in [5.74, 6) is 0.0649. The van der Waals surface area contributed by atoms with Gasteiger partial charge in [-0.2, -0.15) is 5.26 Å². The molecule has 2 aliphatic carbocycles. The van der Waals surface area contributed by atoms with E-state index in [4.69, 9.17) is 5.26 Å². The third-order valence-corrected chi connectivity index (χ3v) is 3.52. The summed E-state index contributed by atoms with van der Waals surface area (Å²) >= 11 is 0. The lowest BCUT2D eigenvalue weighted by Crippen LogP contribution is -2.14. The molecular formula is C16H17NO. The van der Waals surface area contributed by atoms with Crippen LogP contribution in [0.15, 0.2) is 47.1 Å². The molecule has 2 heteroatoms. The standard InChI is InChI=1S/C16H17NO/c1-2-14-13(8-9-16(18)15(14)11-17)10-12-6-4-3-5-7-12/h4,6-9,13H,2-3,5,10H2,1H3. The average Bonchev–Trinajstić information content (AvgIpc) is 2.41. The fraction of sp³-hybridized carbons (Fsp3) is 0.375.